The van der Waals surface area contributed by atoms with E-state index in [1.54, 1.807) is 26.6 Å². The first-order valence-corrected chi connectivity index (χ1v) is 6.04. The number of methoxy groups -OCH3 is 2. The molecule has 1 saturated carbocycles. The fourth-order valence-corrected chi connectivity index (χ4v) is 2.86. The molecule has 1 aromatic rings. The molecule has 1 aliphatic rings. The number of aromatic nitrogens is 1. The largest absolute Gasteiger partial charge is 0.495 e. The number of hydrogen-bond donors (Lipinski definition) is 1. The van der Waals surface area contributed by atoms with Gasteiger partial charge in [-0.3, -0.25) is 4.98 Å². The maximum atomic E-state index is 6.02. The van der Waals surface area contributed by atoms with E-state index in [2.05, 4.69) is 4.98 Å². The molecule has 0 saturated heterocycles. The van der Waals surface area contributed by atoms with Gasteiger partial charge in [-0.1, -0.05) is 12.8 Å². The first-order valence-electron chi connectivity index (χ1n) is 6.04. The molecule has 4 nitrogen and oxygen atoms in total. The highest BCUT2D eigenvalue weighted by atomic mass is 16.5. The average molecular weight is 236 g/mol. The van der Waals surface area contributed by atoms with Gasteiger partial charge in [-0.25, -0.2) is 0 Å². The van der Waals surface area contributed by atoms with Gasteiger partial charge in [-0.05, 0) is 12.8 Å². The highest BCUT2D eigenvalue weighted by Crippen LogP contribution is 2.47. The van der Waals surface area contributed by atoms with Crippen molar-refractivity contribution in [2.45, 2.75) is 31.1 Å². The van der Waals surface area contributed by atoms with Crippen LogP contribution < -0.4 is 15.2 Å². The molecule has 0 aliphatic heterocycles. The van der Waals surface area contributed by atoms with Crippen molar-refractivity contribution in [1.29, 1.82) is 0 Å². The minimum absolute atomic E-state index is 0.000370. The minimum atomic E-state index is -0.000370. The first-order chi connectivity index (χ1) is 8.27. The van der Waals surface area contributed by atoms with Crippen molar-refractivity contribution in [2.24, 2.45) is 5.73 Å². The molecule has 2 N–H and O–H groups in total. The van der Waals surface area contributed by atoms with Gasteiger partial charge < -0.3 is 15.2 Å². The van der Waals surface area contributed by atoms with E-state index in [0.717, 1.165) is 29.9 Å². The van der Waals surface area contributed by atoms with E-state index >= 15 is 0 Å². The number of pyridine rings is 1. The summed E-state index contributed by atoms with van der Waals surface area (Å²) >= 11 is 0. The summed E-state index contributed by atoms with van der Waals surface area (Å²) in [5.41, 5.74) is 7.11. The standard InChI is InChI=1S/C13H20N2O2/c1-16-10-7-15-8-11(17-2)12(10)13(9-14)5-3-4-6-13/h7-8H,3-6,9,14H2,1-2H3. The molecule has 1 aromatic heterocycles. The van der Waals surface area contributed by atoms with Crippen LogP contribution in [0.5, 0.6) is 11.5 Å². The topological polar surface area (TPSA) is 57.4 Å². The SMILES string of the molecule is COc1cncc(OC)c1C1(CN)CCCC1. The summed E-state index contributed by atoms with van der Waals surface area (Å²) in [4.78, 5) is 4.13. The van der Waals surface area contributed by atoms with Crippen LogP contribution in [0.15, 0.2) is 12.4 Å². The summed E-state index contributed by atoms with van der Waals surface area (Å²) in [5.74, 6) is 1.58. The predicted octanol–water partition coefficient (Wildman–Crippen LogP) is 1.87. The molecule has 0 bridgehead atoms. The van der Waals surface area contributed by atoms with Crippen LogP contribution >= 0.6 is 0 Å². The zero-order valence-corrected chi connectivity index (χ0v) is 10.5. The van der Waals surface area contributed by atoms with Crippen molar-refractivity contribution in [1.82, 2.24) is 4.98 Å². The van der Waals surface area contributed by atoms with Gasteiger partial charge in [0.2, 0.25) is 0 Å². The van der Waals surface area contributed by atoms with Crippen molar-refractivity contribution in [3.8, 4) is 11.5 Å². The molecule has 4 heteroatoms. The van der Waals surface area contributed by atoms with E-state index in [0.29, 0.717) is 6.54 Å². The lowest BCUT2D eigenvalue weighted by atomic mass is 9.78. The lowest BCUT2D eigenvalue weighted by Crippen LogP contribution is -2.33. The molecule has 94 valence electrons. The van der Waals surface area contributed by atoms with Crippen molar-refractivity contribution in [3.05, 3.63) is 18.0 Å². The summed E-state index contributed by atoms with van der Waals surface area (Å²) in [6, 6.07) is 0. The fraction of sp³-hybridized carbons (Fsp3) is 0.615. The number of nitrogens with two attached hydrogens (primary N) is 1. The quantitative estimate of drug-likeness (QED) is 0.867. The van der Waals surface area contributed by atoms with E-state index in [4.69, 9.17) is 15.2 Å². The Balaban J connectivity index is 2.54. The molecular formula is C13H20N2O2. The average Bonchev–Trinajstić information content (AvgIpc) is 2.87. The van der Waals surface area contributed by atoms with E-state index in [1.807, 2.05) is 0 Å². The summed E-state index contributed by atoms with van der Waals surface area (Å²) in [7, 11) is 3.33. The number of nitrogens with zero attached hydrogens (tertiary/aromatic N) is 1. The van der Waals surface area contributed by atoms with E-state index in [-0.39, 0.29) is 5.41 Å². The Morgan fingerprint density at radius 2 is 1.71 bits per heavy atom. The van der Waals surface area contributed by atoms with Crippen LogP contribution in [-0.4, -0.2) is 25.7 Å². The predicted molar refractivity (Wildman–Crippen MR) is 66.5 cm³/mol. The second-order valence-electron chi connectivity index (χ2n) is 4.61. The third-order valence-electron chi connectivity index (χ3n) is 3.80. The highest BCUT2D eigenvalue weighted by Gasteiger charge is 2.39. The van der Waals surface area contributed by atoms with Crippen LogP contribution in [0.25, 0.3) is 0 Å². The van der Waals surface area contributed by atoms with Crippen LogP contribution in [0.1, 0.15) is 31.2 Å². The Kier molecular flexibility index (Phi) is 3.52. The van der Waals surface area contributed by atoms with Gasteiger partial charge >= 0.3 is 0 Å². The molecule has 0 radical (unpaired) electrons. The second-order valence-corrected chi connectivity index (χ2v) is 4.61. The zero-order chi connectivity index (χ0) is 12.3. The van der Waals surface area contributed by atoms with Gasteiger partial charge in [0.15, 0.2) is 0 Å². The minimum Gasteiger partial charge on any atom is -0.495 e. The van der Waals surface area contributed by atoms with Crippen LogP contribution in [0.4, 0.5) is 0 Å². The van der Waals surface area contributed by atoms with Gasteiger partial charge in [-0.2, -0.15) is 0 Å². The Bertz CT molecular complexity index is 365. The molecule has 17 heavy (non-hydrogen) atoms. The molecule has 0 atom stereocenters. The van der Waals surface area contributed by atoms with Gasteiger partial charge in [0.1, 0.15) is 11.5 Å². The molecule has 0 unspecified atom stereocenters. The molecule has 1 fully saturated rings. The summed E-state index contributed by atoms with van der Waals surface area (Å²) in [5, 5.41) is 0. The molecule has 2 rings (SSSR count). The summed E-state index contributed by atoms with van der Waals surface area (Å²) < 4.78 is 10.9. The van der Waals surface area contributed by atoms with Crippen molar-refractivity contribution >= 4 is 0 Å². The maximum absolute atomic E-state index is 6.02. The number of hydrogen-bond acceptors (Lipinski definition) is 4. The van der Waals surface area contributed by atoms with Gasteiger partial charge in [0, 0.05) is 17.5 Å². The van der Waals surface area contributed by atoms with Crippen molar-refractivity contribution in [3.63, 3.8) is 0 Å². The fourth-order valence-electron chi connectivity index (χ4n) is 2.86. The van der Waals surface area contributed by atoms with Gasteiger partial charge in [0.05, 0.1) is 26.6 Å². The molecule has 0 spiro atoms. The van der Waals surface area contributed by atoms with Crippen LogP contribution in [0.3, 0.4) is 0 Å². The highest BCUT2D eigenvalue weighted by molar-refractivity contribution is 5.48. The van der Waals surface area contributed by atoms with Crippen molar-refractivity contribution < 1.29 is 9.47 Å². The Morgan fingerprint density at radius 3 is 2.12 bits per heavy atom. The normalized spacial score (nSPS) is 18.1. The third-order valence-corrected chi connectivity index (χ3v) is 3.80. The lowest BCUT2D eigenvalue weighted by Gasteiger charge is -2.30. The zero-order valence-electron chi connectivity index (χ0n) is 10.5. The van der Waals surface area contributed by atoms with E-state index in [1.165, 1.54) is 12.8 Å². The molecular weight excluding hydrogens is 216 g/mol. The molecule has 1 aliphatic carbocycles. The van der Waals surface area contributed by atoms with Crippen LogP contribution in [0, 0.1) is 0 Å². The van der Waals surface area contributed by atoms with E-state index in [9.17, 15) is 0 Å². The van der Waals surface area contributed by atoms with Crippen molar-refractivity contribution in [2.75, 3.05) is 20.8 Å². The Hall–Kier alpha value is -1.29. The number of ether oxygens (including phenoxy) is 2. The summed E-state index contributed by atoms with van der Waals surface area (Å²) in [6.07, 6.45) is 8.11. The first kappa shape index (κ1) is 12.2. The van der Waals surface area contributed by atoms with Gasteiger partial charge in [-0.15, -0.1) is 0 Å². The molecule has 0 amide bonds. The third kappa shape index (κ3) is 1.97. The Labute approximate surface area is 102 Å². The second kappa shape index (κ2) is 4.92. The van der Waals surface area contributed by atoms with Crippen LogP contribution in [0.2, 0.25) is 0 Å². The maximum Gasteiger partial charge on any atom is 0.144 e. The number of rotatable bonds is 4. The van der Waals surface area contributed by atoms with Crippen LogP contribution in [-0.2, 0) is 5.41 Å². The summed E-state index contributed by atoms with van der Waals surface area (Å²) in [6.45, 7) is 0.629. The lowest BCUT2D eigenvalue weighted by molar-refractivity contribution is 0.344. The molecule has 1 heterocycles. The smallest absolute Gasteiger partial charge is 0.144 e. The molecule has 0 aromatic carbocycles. The monoisotopic (exact) mass is 236 g/mol. The Morgan fingerprint density at radius 1 is 1.18 bits per heavy atom. The van der Waals surface area contributed by atoms with E-state index < -0.39 is 0 Å². The van der Waals surface area contributed by atoms with Gasteiger partial charge in [0.25, 0.3) is 0 Å².